The van der Waals surface area contributed by atoms with Crippen molar-refractivity contribution in [2.24, 2.45) is 0 Å². The van der Waals surface area contributed by atoms with Crippen molar-refractivity contribution in [3.05, 3.63) is 35.9 Å². The van der Waals surface area contributed by atoms with Gasteiger partial charge in [-0.15, -0.1) is 0 Å². The first-order valence-corrected chi connectivity index (χ1v) is 7.06. The molecule has 0 unspecified atom stereocenters. The minimum absolute atomic E-state index is 0.131. The normalized spacial score (nSPS) is 11.6. The Kier molecular flexibility index (Phi) is 6.46. The van der Waals surface area contributed by atoms with E-state index in [0.717, 1.165) is 5.56 Å². The highest BCUT2D eigenvalue weighted by Crippen LogP contribution is 2.04. The second kappa shape index (κ2) is 8.08. The van der Waals surface area contributed by atoms with E-state index in [0.29, 0.717) is 0 Å². The summed E-state index contributed by atoms with van der Waals surface area (Å²) >= 11 is 0. The number of carbonyl (C=O) groups is 2. The minimum Gasteiger partial charge on any atom is -0.435 e. The first-order valence-electron chi connectivity index (χ1n) is 7.06. The molecule has 1 atom stereocenters. The molecule has 0 radical (unpaired) electrons. The van der Waals surface area contributed by atoms with Crippen molar-refractivity contribution in [2.45, 2.75) is 38.8 Å². The number of ether oxygens (including phenoxy) is 1. The van der Waals surface area contributed by atoms with Crippen molar-refractivity contribution < 1.29 is 14.3 Å². The Balaban J connectivity index is 2.68. The molecule has 0 aromatic heterocycles. The number of amides is 2. The van der Waals surface area contributed by atoms with E-state index < -0.39 is 17.7 Å². The number of nitrogens with one attached hydrogen (secondary N) is 2. The first kappa shape index (κ1) is 17.6. The van der Waals surface area contributed by atoms with Crippen molar-refractivity contribution in [3.63, 3.8) is 0 Å². The highest BCUT2D eigenvalue weighted by molar-refractivity contribution is 5.83. The molecule has 1 aromatic rings. The zero-order valence-corrected chi connectivity index (χ0v) is 13.4. The van der Waals surface area contributed by atoms with Gasteiger partial charge >= 0.3 is 6.09 Å². The second-order valence-corrected chi connectivity index (χ2v) is 5.76. The van der Waals surface area contributed by atoms with Crippen molar-refractivity contribution in [1.29, 1.82) is 0 Å². The predicted octanol–water partition coefficient (Wildman–Crippen LogP) is 2.07. The maximum atomic E-state index is 11.8. The van der Waals surface area contributed by atoms with Gasteiger partial charge in [0, 0.05) is 18.2 Å². The van der Waals surface area contributed by atoms with E-state index in [2.05, 4.69) is 22.5 Å². The molecule has 0 aliphatic carbocycles. The molecule has 2 amide bonds. The fraction of sp³-hybridized carbons (Fsp3) is 0.412. The third-order valence-corrected chi connectivity index (χ3v) is 2.56. The fourth-order valence-corrected chi connectivity index (χ4v) is 1.58. The van der Waals surface area contributed by atoms with E-state index in [1.54, 1.807) is 0 Å². The molecule has 118 valence electrons. The molecule has 0 aliphatic rings. The van der Waals surface area contributed by atoms with Crippen LogP contribution in [0.4, 0.5) is 4.79 Å². The number of hydrogen-bond acceptors (Lipinski definition) is 3. The van der Waals surface area contributed by atoms with Crippen LogP contribution in [0.5, 0.6) is 0 Å². The number of hydrogen-bond donors (Lipinski definition) is 2. The largest absolute Gasteiger partial charge is 0.435 e. The van der Waals surface area contributed by atoms with Crippen LogP contribution in [-0.4, -0.2) is 30.7 Å². The van der Waals surface area contributed by atoms with Crippen LogP contribution in [0.1, 0.15) is 32.8 Å². The van der Waals surface area contributed by atoms with Gasteiger partial charge < -0.3 is 15.4 Å². The van der Waals surface area contributed by atoms with E-state index in [-0.39, 0.29) is 12.3 Å². The lowest BCUT2D eigenvalue weighted by atomic mass is 10.1. The number of alkyl carbamates (subject to hydrolysis) is 1. The molecule has 1 rings (SSSR count). The van der Waals surface area contributed by atoms with Crippen LogP contribution in [0.3, 0.4) is 0 Å². The van der Waals surface area contributed by atoms with Gasteiger partial charge in [-0.3, -0.25) is 4.79 Å². The molecule has 0 heterocycles. The van der Waals surface area contributed by atoms with Gasteiger partial charge in [-0.05, 0) is 32.9 Å². The van der Waals surface area contributed by atoms with Gasteiger partial charge in [-0.2, -0.15) is 0 Å². The molecular weight excluding hydrogens is 280 g/mol. The van der Waals surface area contributed by atoms with Gasteiger partial charge in [0.15, 0.2) is 6.10 Å². The summed E-state index contributed by atoms with van der Waals surface area (Å²) in [5.74, 6) is 5.42. The Hall–Kier alpha value is -2.48. The maximum Gasteiger partial charge on any atom is 0.408 e. The quantitative estimate of drug-likeness (QED) is 0.840. The Bertz CT molecular complexity index is 565. The molecule has 0 saturated heterocycles. The molecule has 0 bridgehead atoms. The first-order chi connectivity index (χ1) is 10.3. The fourth-order valence-electron chi connectivity index (χ4n) is 1.58. The Morgan fingerprint density at radius 2 is 1.86 bits per heavy atom. The molecule has 5 nitrogen and oxygen atoms in total. The molecule has 22 heavy (non-hydrogen) atoms. The standard InChI is InChI=1S/C17H22N2O3/c1-17(2,3)19-16(21)22-14(15(20)18-4)12-8-11-13-9-6-5-7-10-13/h5-7,9-10,14H,12H2,1-4H3,(H,18,20)(H,19,21)/t14-/m0/s1. The zero-order chi connectivity index (χ0) is 16.6. The second-order valence-electron chi connectivity index (χ2n) is 5.76. The van der Waals surface area contributed by atoms with Gasteiger partial charge in [-0.1, -0.05) is 30.0 Å². The smallest absolute Gasteiger partial charge is 0.408 e. The van der Waals surface area contributed by atoms with Gasteiger partial charge in [0.1, 0.15) is 0 Å². The van der Waals surface area contributed by atoms with Crippen LogP contribution in [0.15, 0.2) is 30.3 Å². The van der Waals surface area contributed by atoms with E-state index in [4.69, 9.17) is 4.74 Å². The molecule has 1 aromatic carbocycles. The average molecular weight is 302 g/mol. The van der Waals surface area contributed by atoms with Crippen LogP contribution < -0.4 is 10.6 Å². The monoisotopic (exact) mass is 302 g/mol. The van der Waals surface area contributed by atoms with Crippen LogP contribution >= 0.6 is 0 Å². The summed E-state index contributed by atoms with van der Waals surface area (Å²) in [5, 5.41) is 5.12. The molecule has 0 aliphatic heterocycles. The Labute approximate surface area is 131 Å². The van der Waals surface area contributed by atoms with Crippen LogP contribution in [0.2, 0.25) is 0 Å². The number of rotatable bonds is 3. The summed E-state index contributed by atoms with van der Waals surface area (Å²) in [6.07, 6.45) is -1.45. The maximum absolute atomic E-state index is 11.8. The van der Waals surface area contributed by atoms with Crippen molar-refractivity contribution in [1.82, 2.24) is 10.6 Å². The van der Waals surface area contributed by atoms with Gasteiger partial charge in [0.2, 0.25) is 0 Å². The molecule has 2 N–H and O–H groups in total. The molecule has 0 spiro atoms. The van der Waals surface area contributed by atoms with Crippen molar-refractivity contribution in [2.75, 3.05) is 7.05 Å². The van der Waals surface area contributed by atoms with E-state index in [9.17, 15) is 9.59 Å². The van der Waals surface area contributed by atoms with Gasteiger partial charge in [0.25, 0.3) is 5.91 Å². The lowest BCUT2D eigenvalue weighted by Crippen LogP contribution is -2.45. The van der Waals surface area contributed by atoms with Crippen LogP contribution in [0.25, 0.3) is 0 Å². The summed E-state index contributed by atoms with van der Waals surface area (Å²) < 4.78 is 5.15. The molecule has 5 heteroatoms. The van der Waals surface area contributed by atoms with Gasteiger partial charge in [-0.25, -0.2) is 4.79 Å². The molecule has 0 saturated carbocycles. The third kappa shape index (κ3) is 6.80. The summed E-state index contributed by atoms with van der Waals surface area (Å²) in [4.78, 5) is 23.5. The lowest BCUT2D eigenvalue weighted by Gasteiger charge is -2.22. The van der Waals surface area contributed by atoms with Gasteiger partial charge in [0.05, 0.1) is 6.42 Å². The predicted molar refractivity (Wildman–Crippen MR) is 85.2 cm³/mol. The van der Waals surface area contributed by atoms with Crippen LogP contribution in [0, 0.1) is 11.8 Å². The number of benzene rings is 1. The van der Waals surface area contributed by atoms with Crippen molar-refractivity contribution in [3.8, 4) is 11.8 Å². The summed E-state index contributed by atoms with van der Waals surface area (Å²) in [6, 6.07) is 9.41. The highest BCUT2D eigenvalue weighted by atomic mass is 16.6. The van der Waals surface area contributed by atoms with Crippen molar-refractivity contribution >= 4 is 12.0 Å². The zero-order valence-electron chi connectivity index (χ0n) is 13.4. The van der Waals surface area contributed by atoms with E-state index in [1.807, 2.05) is 51.1 Å². The highest BCUT2D eigenvalue weighted by Gasteiger charge is 2.23. The van der Waals surface area contributed by atoms with E-state index >= 15 is 0 Å². The summed E-state index contributed by atoms with van der Waals surface area (Å²) in [7, 11) is 1.49. The average Bonchev–Trinajstić information content (AvgIpc) is 2.44. The summed E-state index contributed by atoms with van der Waals surface area (Å²) in [6.45, 7) is 5.50. The summed E-state index contributed by atoms with van der Waals surface area (Å²) in [5.41, 5.74) is 0.414. The lowest BCUT2D eigenvalue weighted by molar-refractivity contribution is -0.128. The third-order valence-electron chi connectivity index (χ3n) is 2.56. The van der Waals surface area contributed by atoms with E-state index in [1.165, 1.54) is 7.05 Å². The number of likely N-dealkylation sites (N-methyl/N-ethyl adjacent to an activating group) is 1. The Morgan fingerprint density at radius 1 is 1.23 bits per heavy atom. The minimum atomic E-state index is -0.941. The Morgan fingerprint density at radius 3 is 2.41 bits per heavy atom. The SMILES string of the molecule is CNC(=O)[C@H](CC#Cc1ccccc1)OC(=O)NC(C)(C)C. The number of carbonyl (C=O) groups excluding carboxylic acids is 2. The molecule has 0 fully saturated rings. The topological polar surface area (TPSA) is 67.4 Å². The molecular formula is C17H22N2O3. The van der Waals surface area contributed by atoms with Crippen LogP contribution in [-0.2, 0) is 9.53 Å².